The maximum absolute atomic E-state index is 9.59. The van der Waals surface area contributed by atoms with Crippen molar-refractivity contribution in [2.45, 2.75) is 135 Å². The average molecular weight is 521 g/mol. The van der Waals surface area contributed by atoms with Gasteiger partial charge in [0.15, 0.2) is 0 Å². The van der Waals surface area contributed by atoms with Crippen LogP contribution in [0.4, 0.5) is 0 Å². The summed E-state index contributed by atoms with van der Waals surface area (Å²) in [6.45, 7) is 24.1. The number of primary amides is 1. The van der Waals surface area contributed by atoms with Gasteiger partial charge in [0, 0.05) is 27.2 Å². The Kier molecular flexibility index (Phi) is 142. The van der Waals surface area contributed by atoms with Crippen molar-refractivity contribution >= 4 is 11.9 Å². The number of nitrogens with two attached hydrogens (primary N) is 1. The summed E-state index contributed by atoms with van der Waals surface area (Å²) in [5, 5.41) is 22.9. The van der Waals surface area contributed by atoms with Crippen molar-refractivity contribution in [3.63, 3.8) is 0 Å². The number of carboxylic acid groups (broad SMARTS) is 1. The number of hydrogen-bond donors (Lipinski definition) is 3. The van der Waals surface area contributed by atoms with Crippen molar-refractivity contribution < 1.29 is 21.2 Å². The molecule has 6 nitrogen and oxygen atoms in total. The lowest BCUT2D eigenvalue weighted by Crippen LogP contribution is -2.06. The number of amides is 1. The smallest absolute Gasteiger partial charge is 0.303 e. The summed E-state index contributed by atoms with van der Waals surface area (Å²) in [4.78, 5) is 19.0. The molecule has 0 spiro atoms. The van der Waals surface area contributed by atoms with Gasteiger partial charge in [0.2, 0.25) is 5.91 Å². The minimum Gasteiger partial charge on any atom is -0.481 e. The van der Waals surface area contributed by atoms with Gasteiger partial charge in [-0.2, -0.15) is 5.26 Å². The van der Waals surface area contributed by atoms with E-state index in [-0.39, 0.29) is 18.9 Å². The molecule has 0 atom stereocenters. The number of nitrogens with zero attached hydrogens (tertiary/aromatic N) is 1. The zero-order valence-electron chi connectivity index (χ0n) is 27.4. The van der Waals surface area contributed by atoms with Crippen LogP contribution in [0.5, 0.6) is 0 Å². The fourth-order valence-corrected chi connectivity index (χ4v) is 0.385. The molecule has 1 amide bonds. The van der Waals surface area contributed by atoms with Gasteiger partial charge in [0.25, 0.3) is 0 Å². The number of aliphatic hydroxyl groups excluding tert-OH is 1. The van der Waals surface area contributed by atoms with Crippen molar-refractivity contribution in [2.75, 3.05) is 6.61 Å². The molecule has 0 fully saturated rings. The van der Waals surface area contributed by atoms with Crippen LogP contribution in [0.3, 0.4) is 0 Å². The zero-order chi connectivity index (χ0) is 31.8. The minimum atomic E-state index is -0.745. The van der Waals surface area contributed by atoms with Crippen molar-refractivity contribution in [3.05, 3.63) is 36.4 Å². The first-order valence-electron chi connectivity index (χ1n) is 14.0. The number of hydrogen-bond acceptors (Lipinski definition) is 4. The van der Waals surface area contributed by atoms with Gasteiger partial charge in [-0.15, -0.1) is 0 Å². The van der Waals surface area contributed by atoms with Gasteiger partial charge < -0.3 is 15.9 Å². The van der Waals surface area contributed by atoms with Crippen LogP contribution < -0.4 is 5.73 Å². The summed E-state index contributed by atoms with van der Waals surface area (Å²) in [6, 6.07) is 13.9. The van der Waals surface area contributed by atoms with Crippen molar-refractivity contribution in [2.24, 2.45) is 5.73 Å². The summed E-state index contributed by atoms with van der Waals surface area (Å²) in [6.07, 6.45) is 6.29. The molecule has 0 unspecified atom stereocenters. The number of rotatable bonds is 2. The highest BCUT2D eigenvalue weighted by molar-refractivity contribution is 5.73. The Morgan fingerprint density at radius 3 is 0.861 bits per heavy atom. The van der Waals surface area contributed by atoms with E-state index in [1.165, 1.54) is 33.1 Å². The van der Waals surface area contributed by atoms with E-state index in [1.54, 1.807) is 20.8 Å². The number of benzene rings is 1. The van der Waals surface area contributed by atoms with Crippen LogP contribution in [0.15, 0.2) is 36.4 Å². The number of carbonyl (C=O) groups excluding carboxylic acids is 1. The molecule has 4 N–H and O–H groups in total. The maximum atomic E-state index is 9.59. The first-order chi connectivity index (χ1) is 17.5. The Labute approximate surface area is 228 Å². The molecule has 1 aromatic carbocycles. The summed E-state index contributed by atoms with van der Waals surface area (Å²) >= 11 is 0. The Morgan fingerprint density at radius 2 is 0.833 bits per heavy atom. The number of nitriles is 1. The van der Waals surface area contributed by atoms with E-state index in [4.69, 9.17) is 16.8 Å². The van der Waals surface area contributed by atoms with Crippen molar-refractivity contribution in [1.29, 1.82) is 5.26 Å². The number of aliphatic hydroxyl groups is 1. The van der Waals surface area contributed by atoms with E-state index < -0.39 is 5.97 Å². The largest absolute Gasteiger partial charge is 0.481 e. The summed E-state index contributed by atoms with van der Waals surface area (Å²) < 4.78 is 5.75. The second-order valence-corrected chi connectivity index (χ2v) is 6.38. The molecule has 0 aromatic heterocycles. The fourth-order valence-electron chi connectivity index (χ4n) is 0.385. The van der Waals surface area contributed by atoms with Gasteiger partial charge in [-0.3, -0.25) is 9.59 Å². The minimum absolute atomic E-state index is 0.222. The highest BCUT2D eigenvalue weighted by Gasteiger charge is 1.80. The normalized spacial score (nSPS) is 6.64. The molecule has 1 rings (SSSR count). The van der Waals surface area contributed by atoms with Crippen LogP contribution in [0.1, 0.15) is 137 Å². The third-order valence-corrected chi connectivity index (χ3v) is 1.48. The maximum Gasteiger partial charge on any atom is 0.303 e. The fraction of sp³-hybridized carbons (Fsp3) is 0.700. The number of carbonyl (C=O) groups is 2. The molecule has 6 heteroatoms. The predicted octanol–water partition coefficient (Wildman–Crippen LogP) is 9.27. The third kappa shape index (κ3) is 400. The van der Waals surface area contributed by atoms with E-state index in [2.05, 4.69) is 61.1 Å². The molecule has 0 heterocycles. The molecular formula is C30H66N2O4. The Balaban J connectivity index is -0.0000000343. The van der Waals surface area contributed by atoms with E-state index in [9.17, 15) is 9.59 Å². The summed E-state index contributed by atoms with van der Waals surface area (Å²) in [5.41, 5.74) is 4.65. The SMILES string of the molecule is CCC.CCC.CCC.CCC.CCC#N.CCC(=O)O.CCC(N)=O.CCO.[3H]C.c1ccccc1. The molecule has 0 aliphatic rings. The topological polar surface area (TPSA) is 124 Å². The van der Waals surface area contributed by atoms with Crippen molar-refractivity contribution in [1.82, 2.24) is 0 Å². The van der Waals surface area contributed by atoms with Crippen LogP contribution in [0.2, 0.25) is 0 Å². The highest BCUT2D eigenvalue weighted by atomic mass is 16.4. The second kappa shape index (κ2) is 94.1. The molecule has 0 bridgehead atoms. The molecule has 0 saturated heterocycles. The highest BCUT2D eigenvalue weighted by Crippen LogP contribution is 1.79. The zero-order valence-corrected chi connectivity index (χ0v) is 26.4. The summed E-state index contributed by atoms with van der Waals surface area (Å²) in [7, 11) is 1.25. The van der Waals surface area contributed by atoms with E-state index in [0.29, 0.717) is 12.8 Å². The lowest BCUT2D eigenvalue weighted by atomic mass is 10.4. The molecular weight excluding hydrogens is 452 g/mol. The average Bonchev–Trinajstić information content (AvgIpc) is 2.89. The van der Waals surface area contributed by atoms with Crippen LogP contribution in [0, 0.1) is 11.3 Å². The Hall–Kier alpha value is -2.39. The van der Waals surface area contributed by atoms with E-state index >= 15 is 0 Å². The van der Waals surface area contributed by atoms with E-state index in [1.807, 2.05) is 49.4 Å². The molecule has 0 saturated carbocycles. The van der Waals surface area contributed by atoms with Gasteiger partial charge in [0.1, 0.15) is 0 Å². The number of aliphatic carboxylic acids is 1. The third-order valence-electron chi connectivity index (χ3n) is 1.48. The number of carboxylic acids is 1. The second-order valence-electron chi connectivity index (χ2n) is 6.38. The molecule has 0 aliphatic carbocycles. The van der Waals surface area contributed by atoms with Crippen LogP contribution in [-0.4, -0.2) is 28.7 Å². The molecule has 0 radical (unpaired) electrons. The van der Waals surface area contributed by atoms with Crippen LogP contribution >= 0.6 is 0 Å². The van der Waals surface area contributed by atoms with Gasteiger partial charge in [0.05, 0.1) is 6.07 Å². The van der Waals surface area contributed by atoms with Crippen LogP contribution in [-0.2, 0) is 9.59 Å². The quantitative estimate of drug-likeness (QED) is 0.358. The molecule has 0 aliphatic heterocycles. The predicted molar refractivity (Wildman–Crippen MR) is 163 cm³/mol. The monoisotopic (exact) mass is 521 g/mol. The molecule has 36 heavy (non-hydrogen) atoms. The van der Waals surface area contributed by atoms with Gasteiger partial charge in [-0.1, -0.05) is 146 Å². The first-order valence-corrected chi connectivity index (χ1v) is 13.0. The van der Waals surface area contributed by atoms with Gasteiger partial charge in [-0.05, 0) is 6.92 Å². The lowest BCUT2D eigenvalue weighted by molar-refractivity contribution is -0.136. The Morgan fingerprint density at radius 1 is 0.722 bits per heavy atom. The molecule has 1 aromatic rings. The summed E-state index contributed by atoms with van der Waals surface area (Å²) in [5.74, 6) is -0.991. The Bertz CT molecular complexity index is 389. The van der Waals surface area contributed by atoms with Crippen LogP contribution in [0.25, 0.3) is 0 Å². The van der Waals surface area contributed by atoms with Gasteiger partial charge in [-0.25, -0.2) is 0 Å². The van der Waals surface area contributed by atoms with Crippen molar-refractivity contribution in [3.8, 4) is 6.07 Å². The lowest BCUT2D eigenvalue weighted by Gasteiger charge is -1.73. The first kappa shape index (κ1) is 54.5. The van der Waals surface area contributed by atoms with Gasteiger partial charge >= 0.3 is 5.97 Å². The molecule has 220 valence electrons. The standard InChI is InChI=1S/C6H6.C3H7NO.C3H5N.C3H6O2.4C3H8.C2H6O.CH4/c1-2-4-6-5-3-1;1-2-3(4)5;1-2-3-4;1-2-3(4)5;4*1-3-2;1-2-3;/h1-6H;2H2,1H3,(H2,4,5);2H2,1H3;2H2,1H3,(H,4,5);4*3H2,1-2H3;3H,2H2,1H3;1H4/i;;;;;;;;;1T. The van der Waals surface area contributed by atoms with E-state index in [0.717, 1.165) is 0 Å².